The number of nitrogens with one attached hydrogen (secondary N) is 1. The van der Waals surface area contributed by atoms with Crippen LogP contribution < -0.4 is 10.2 Å². The van der Waals surface area contributed by atoms with Gasteiger partial charge in [-0.3, -0.25) is 0 Å². The van der Waals surface area contributed by atoms with E-state index in [-0.39, 0.29) is 0 Å². The lowest BCUT2D eigenvalue weighted by molar-refractivity contribution is 0.340. The van der Waals surface area contributed by atoms with E-state index < -0.39 is 0 Å². The van der Waals surface area contributed by atoms with Gasteiger partial charge in [0.05, 0.1) is 4.47 Å². The third-order valence-electron chi connectivity index (χ3n) is 5.23. The lowest BCUT2D eigenvalue weighted by atomic mass is 9.92. The highest BCUT2D eigenvalue weighted by Crippen LogP contribution is 2.39. The molecule has 130 valence electrons. The Kier molecular flexibility index (Phi) is 3.44. The standard InChI is InChI=1S/C16H18BrN7O/c1-9-18-16(25-22-9)23-7-10-4-5-11(8-23)13(10)19-15-20-14-12(17)3-2-6-24(14)21-15/h2-3,6,10-11,13H,4-5,7-8H2,1H3,(H,19,21). The monoisotopic (exact) mass is 403 g/mol. The van der Waals surface area contributed by atoms with Crippen molar-refractivity contribution in [2.24, 2.45) is 11.8 Å². The minimum absolute atomic E-state index is 0.386. The van der Waals surface area contributed by atoms with E-state index in [4.69, 9.17) is 4.52 Å². The van der Waals surface area contributed by atoms with Crippen LogP contribution in [0.3, 0.4) is 0 Å². The van der Waals surface area contributed by atoms with Crippen LogP contribution in [0.4, 0.5) is 12.0 Å². The maximum absolute atomic E-state index is 5.35. The van der Waals surface area contributed by atoms with Gasteiger partial charge in [-0.25, -0.2) is 4.52 Å². The van der Waals surface area contributed by atoms with E-state index in [1.165, 1.54) is 12.8 Å². The molecular formula is C16H18BrN7O. The van der Waals surface area contributed by atoms with Crippen molar-refractivity contribution in [2.45, 2.75) is 25.8 Å². The zero-order valence-electron chi connectivity index (χ0n) is 13.8. The number of anilines is 2. The van der Waals surface area contributed by atoms with Crippen molar-refractivity contribution in [2.75, 3.05) is 23.3 Å². The fourth-order valence-electron chi connectivity index (χ4n) is 4.11. The van der Waals surface area contributed by atoms with Gasteiger partial charge in [0.2, 0.25) is 5.95 Å². The first-order chi connectivity index (χ1) is 12.2. The average Bonchev–Trinajstić information content (AvgIpc) is 3.26. The number of hydrogen-bond donors (Lipinski definition) is 1. The summed E-state index contributed by atoms with van der Waals surface area (Å²) in [5, 5.41) is 12.0. The normalized spacial score (nSPS) is 25.7. The molecule has 1 aliphatic heterocycles. The van der Waals surface area contributed by atoms with Crippen LogP contribution in [0.1, 0.15) is 18.7 Å². The summed E-state index contributed by atoms with van der Waals surface area (Å²) < 4.78 is 8.09. The Morgan fingerprint density at radius 3 is 2.72 bits per heavy atom. The first-order valence-corrected chi connectivity index (χ1v) is 9.29. The second-order valence-electron chi connectivity index (χ2n) is 6.86. The van der Waals surface area contributed by atoms with E-state index in [0.29, 0.717) is 35.7 Å². The largest absolute Gasteiger partial charge is 0.349 e. The Morgan fingerprint density at radius 2 is 2.04 bits per heavy atom. The van der Waals surface area contributed by atoms with Gasteiger partial charge >= 0.3 is 6.01 Å². The van der Waals surface area contributed by atoms with Crippen LogP contribution in [0, 0.1) is 18.8 Å². The van der Waals surface area contributed by atoms with Crippen molar-refractivity contribution >= 4 is 33.5 Å². The van der Waals surface area contributed by atoms with Crippen molar-refractivity contribution in [1.29, 1.82) is 0 Å². The molecule has 5 rings (SSSR count). The van der Waals surface area contributed by atoms with Gasteiger partial charge in [-0.15, -0.1) is 5.10 Å². The summed E-state index contributed by atoms with van der Waals surface area (Å²) in [4.78, 5) is 11.2. The van der Waals surface area contributed by atoms with E-state index in [1.54, 1.807) is 4.52 Å². The number of aryl methyl sites for hydroxylation is 1. The summed E-state index contributed by atoms with van der Waals surface area (Å²) in [6.07, 6.45) is 4.30. The van der Waals surface area contributed by atoms with Crippen LogP contribution >= 0.6 is 15.9 Å². The zero-order chi connectivity index (χ0) is 17.0. The Balaban J connectivity index is 1.36. The second kappa shape index (κ2) is 5.69. The molecule has 2 bridgehead atoms. The summed E-state index contributed by atoms with van der Waals surface area (Å²) >= 11 is 3.53. The van der Waals surface area contributed by atoms with Gasteiger partial charge in [-0.2, -0.15) is 9.97 Å². The molecule has 3 aromatic heterocycles. The molecule has 1 saturated heterocycles. The molecule has 2 atom stereocenters. The number of hydrogen-bond acceptors (Lipinski definition) is 7. The molecule has 9 heteroatoms. The van der Waals surface area contributed by atoms with Crippen molar-refractivity contribution in [3.63, 3.8) is 0 Å². The Hall–Kier alpha value is -2.16. The minimum Gasteiger partial charge on any atom is -0.349 e. The van der Waals surface area contributed by atoms with Crippen LogP contribution in [0.2, 0.25) is 0 Å². The number of piperidine rings is 1. The third kappa shape index (κ3) is 2.57. The van der Waals surface area contributed by atoms with E-state index >= 15 is 0 Å². The fourth-order valence-corrected chi connectivity index (χ4v) is 4.54. The zero-order valence-corrected chi connectivity index (χ0v) is 15.3. The summed E-state index contributed by atoms with van der Waals surface area (Å²) in [6, 6.07) is 4.95. The van der Waals surface area contributed by atoms with Gasteiger partial charge in [0.25, 0.3) is 0 Å². The van der Waals surface area contributed by atoms with Crippen LogP contribution in [0.5, 0.6) is 0 Å². The quantitative estimate of drug-likeness (QED) is 0.718. The van der Waals surface area contributed by atoms with Gasteiger partial charge in [0.1, 0.15) is 0 Å². The molecular weight excluding hydrogens is 386 g/mol. The van der Waals surface area contributed by atoms with Crippen LogP contribution in [-0.4, -0.2) is 43.9 Å². The number of nitrogens with zero attached hydrogens (tertiary/aromatic N) is 6. The molecule has 1 aliphatic carbocycles. The first kappa shape index (κ1) is 15.1. The SMILES string of the molecule is Cc1noc(N2CC3CCC(C2)C3Nc2nc3c(Br)cccn3n2)n1. The molecule has 2 aliphatic rings. The summed E-state index contributed by atoms with van der Waals surface area (Å²) in [5.74, 6) is 2.43. The highest BCUT2D eigenvalue weighted by atomic mass is 79.9. The lowest BCUT2D eigenvalue weighted by Crippen LogP contribution is -2.48. The summed E-state index contributed by atoms with van der Waals surface area (Å²) in [6.45, 7) is 3.70. The Labute approximate surface area is 152 Å². The maximum atomic E-state index is 5.35. The summed E-state index contributed by atoms with van der Waals surface area (Å²) in [7, 11) is 0. The smallest absolute Gasteiger partial charge is 0.324 e. The molecule has 1 N–H and O–H groups in total. The highest BCUT2D eigenvalue weighted by Gasteiger charge is 2.43. The van der Waals surface area contributed by atoms with Crippen LogP contribution in [0.25, 0.3) is 5.65 Å². The van der Waals surface area contributed by atoms with Gasteiger partial charge in [-0.1, -0.05) is 5.16 Å². The molecule has 0 amide bonds. The van der Waals surface area contributed by atoms with Gasteiger partial charge in [-0.05, 0) is 59.7 Å². The third-order valence-corrected chi connectivity index (χ3v) is 5.85. The van der Waals surface area contributed by atoms with Crippen LogP contribution in [-0.2, 0) is 0 Å². The molecule has 0 aromatic carbocycles. The molecule has 1 saturated carbocycles. The number of fused-ring (bicyclic) bond motifs is 3. The summed E-state index contributed by atoms with van der Waals surface area (Å²) in [5.41, 5.74) is 0.830. The maximum Gasteiger partial charge on any atom is 0.324 e. The molecule has 3 aromatic rings. The molecule has 4 heterocycles. The van der Waals surface area contributed by atoms with Crippen molar-refractivity contribution in [1.82, 2.24) is 24.7 Å². The average molecular weight is 404 g/mol. The molecule has 0 spiro atoms. The predicted molar refractivity (Wildman–Crippen MR) is 95.6 cm³/mol. The molecule has 0 radical (unpaired) electrons. The first-order valence-electron chi connectivity index (χ1n) is 8.50. The topological polar surface area (TPSA) is 84.4 Å². The number of aromatic nitrogens is 5. The van der Waals surface area contributed by atoms with Gasteiger partial charge in [0.15, 0.2) is 11.5 Å². The minimum atomic E-state index is 0.386. The number of halogens is 1. The number of rotatable bonds is 3. The predicted octanol–water partition coefficient (Wildman–Crippen LogP) is 2.51. The highest BCUT2D eigenvalue weighted by molar-refractivity contribution is 9.10. The molecule has 2 fully saturated rings. The Morgan fingerprint density at radius 1 is 1.24 bits per heavy atom. The van der Waals surface area contributed by atoms with Gasteiger partial charge in [0, 0.05) is 25.3 Å². The number of pyridine rings is 1. The van der Waals surface area contributed by atoms with Crippen molar-refractivity contribution in [3.05, 3.63) is 28.6 Å². The lowest BCUT2D eigenvalue weighted by Gasteiger charge is -2.37. The van der Waals surface area contributed by atoms with E-state index in [2.05, 4.69) is 46.4 Å². The van der Waals surface area contributed by atoms with E-state index in [1.807, 2.05) is 25.3 Å². The van der Waals surface area contributed by atoms with Crippen molar-refractivity contribution in [3.8, 4) is 0 Å². The van der Waals surface area contributed by atoms with Crippen LogP contribution in [0.15, 0.2) is 27.3 Å². The molecule has 8 nitrogen and oxygen atoms in total. The van der Waals surface area contributed by atoms with E-state index in [9.17, 15) is 0 Å². The van der Waals surface area contributed by atoms with Crippen molar-refractivity contribution < 1.29 is 4.52 Å². The Bertz CT molecular complexity index is 908. The van der Waals surface area contributed by atoms with E-state index in [0.717, 1.165) is 23.2 Å². The fraction of sp³-hybridized carbons (Fsp3) is 0.500. The molecule has 25 heavy (non-hydrogen) atoms. The van der Waals surface area contributed by atoms with Gasteiger partial charge < -0.3 is 14.7 Å². The molecule has 2 unspecified atom stereocenters. The second-order valence-corrected chi connectivity index (χ2v) is 7.71.